The summed E-state index contributed by atoms with van der Waals surface area (Å²) in [5.41, 5.74) is 23.3. The van der Waals surface area contributed by atoms with Gasteiger partial charge in [-0.2, -0.15) is 0 Å². The number of fused-ring (bicyclic) bond motifs is 2. The van der Waals surface area contributed by atoms with E-state index >= 15 is 0 Å². The average molecular weight is 460 g/mol. The average Bonchev–Trinajstić information content (AvgIpc) is 3.50. The summed E-state index contributed by atoms with van der Waals surface area (Å²) < 4.78 is 0. The van der Waals surface area contributed by atoms with Crippen LogP contribution in [0.15, 0.2) is 13.2 Å². The van der Waals surface area contributed by atoms with Gasteiger partial charge in [-0.1, -0.05) is 41.0 Å². The highest BCUT2D eigenvalue weighted by atomic mass is 32.1. The lowest BCUT2D eigenvalue weighted by atomic mass is 9.98. The van der Waals surface area contributed by atoms with Gasteiger partial charge in [-0.25, -0.2) is 4.98 Å². The molecular formula is C26H45N5S. The lowest BCUT2D eigenvalue weighted by Crippen LogP contribution is -2.10. The van der Waals surface area contributed by atoms with Crippen LogP contribution in [0.4, 0.5) is 5.69 Å². The van der Waals surface area contributed by atoms with Crippen LogP contribution in [0.3, 0.4) is 0 Å². The number of aryl methyl sites for hydroxylation is 4. The van der Waals surface area contributed by atoms with E-state index in [1.165, 1.54) is 57.4 Å². The standard InChI is InChI=1S/C12H21NS.C11H14N2.C2H4.CH6N2/c1-6-8-9-10(7-2)14-11(13-9)12(3,4)5;12-11-7-3-1-5-9(7)13-10-6-2-4-8(10)11;1-2;2-1-3/h6-8H2,1-5H3;1-6H2,(H2,12,13);1-2H2;1-3H2. The van der Waals surface area contributed by atoms with Crippen LogP contribution in [0, 0.1) is 0 Å². The third kappa shape index (κ3) is 7.39. The zero-order valence-electron chi connectivity index (χ0n) is 21.0. The molecule has 2 heterocycles. The number of pyridine rings is 1. The summed E-state index contributed by atoms with van der Waals surface area (Å²) in [6, 6.07) is 0. The van der Waals surface area contributed by atoms with Gasteiger partial charge in [0.2, 0.25) is 0 Å². The zero-order valence-corrected chi connectivity index (χ0v) is 21.8. The number of nitrogens with two attached hydrogens (primary N) is 3. The number of nitrogen functional groups attached to an aromatic ring is 1. The van der Waals surface area contributed by atoms with Crippen molar-refractivity contribution in [3.63, 3.8) is 0 Å². The maximum atomic E-state index is 6.15. The van der Waals surface area contributed by atoms with E-state index in [9.17, 15) is 0 Å². The van der Waals surface area contributed by atoms with Crippen LogP contribution in [0.1, 0.15) is 92.0 Å². The smallest absolute Gasteiger partial charge is 0.0984 e. The molecule has 0 saturated heterocycles. The summed E-state index contributed by atoms with van der Waals surface area (Å²) in [6.07, 6.45) is 10.5. The summed E-state index contributed by atoms with van der Waals surface area (Å²) >= 11 is 1.90. The summed E-state index contributed by atoms with van der Waals surface area (Å²) in [5.74, 6) is 0. The second-order valence-electron chi connectivity index (χ2n) is 9.06. The maximum Gasteiger partial charge on any atom is 0.0984 e. The normalized spacial score (nSPS) is 13.6. The van der Waals surface area contributed by atoms with Crippen LogP contribution in [-0.2, 0) is 43.9 Å². The molecule has 0 bridgehead atoms. The first-order chi connectivity index (χ1) is 15.3. The highest BCUT2D eigenvalue weighted by Gasteiger charge is 2.23. The molecule has 6 N–H and O–H groups in total. The monoisotopic (exact) mass is 459 g/mol. The molecule has 32 heavy (non-hydrogen) atoms. The van der Waals surface area contributed by atoms with E-state index in [-0.39, 0.29) is 12.1 Å². The molecule has 2 aromatic heterocycles. The Morgan fingerprint density at radius 3 is 1.81 bits per heavy atom. The molecule has 180 valence electrons. The number of hydrogen-bond acceptors (Lipinski definition) is 6. The predicted octanol–water partition coefficient (Wildman–Crippen LogP) is 5.26. The quantitative estimate of drug-likeness (QED) is 0.429. The van der Waals surface area contributed by atoms with E-state index < -0.39 is 0 Å². The molecule has 0 spiro atoms. The molecule has 0 amide bonds. The maximum absolute atomic E-state index is 6.15. The fourth-order valence-corrected chi connectivity index (χ4v) is 5.15. The Balaban J connectivity index is 0.000000267. The van der Waals surface area contributed by atoms with Crippen LogP contribution < -0.4 is 17.2 Å². The van der Waals surface area contributed by atoms with Crippen molar-refractivity contribution in [1.82, 2.24) is 9.97 Å². The van der Waals surface area contributed by atoms with Crippen molar-refractivity contribution in [1.29, 1.82) is 0 Å². The van der Waals surface area contributed by atoms with Crippen molar-refractivity contribution >= 4 is 17.0 Å². The van der Waals surface area contributed by atoms with E-state index in [2.05, 4.69) is 59.2 Å². The summed E-state index contributed by atoms with van der Waals surface area (Å²) in [4.78, 5) is 11.0. The lowest BCUT2D eigenvalue weighted by Gasteiger charge is -2.13. The number of hydrogen-bond donors (Lipinski definition) is 3. The Morgan fingerprint density at radius 1 is 0.906 bits per heavy atom. The van der Waals surface area contributed by atoms with E-state index in [0.717, 1.165) is 44.2 Å². The van der Waals surface area contributed by atoms with Crippen LogP contribution in [0.25, 0.3) is 0 Å². The van der Waals surface area contributed by atoms with Crippen molar-refractivity contribution < 1.29 is 0 Å². The van der Waals surface area contributed by atoms with Gasteiger partial charge < -0.3 is 17.2 Å². The molecule has 0 atom stereocenters. The first-order valence-electron chi connectivity index (χ1n) is 11.9. The Bertz CT molecular complexity index is 803. The van der Waals surface area contributed by atoms with Crippen molar-refractivity contribution in [3.05, 3.63) is 51.3 Å². The Kier molecular flexibility index (Phi) is 12.1. The predicted molar refractivity (Wildman–Crippen MR) is 141 cm³/mol. The highest BCUT2D eigenvalue weighted by molar-refractivity contribution is 7.11. The van der Waals surface area contributed by atoms with Crippen LogP contribution in [0.2, 0.25) is 0 Å². The van der Waals surface area contributed by atoms with Gasteiger partial charge in [0.15, 0.2) is 0 Å². The van der Waals surface area contributed by atoms with Crippen LogP contribution in [-0.4, -0.2) is 16.6 Å². The summed E-state index contributed by atoms with van der Waals surface area (Å²) in [7, 11) is 0. The second kappa shape index (κ2) is 13.7. The fraction of sp³-hybridized carbons (Fsp3) is 0.615. The van der Waals surface area contributed by atoms with E-state index in [1.54, 1.807) is 0 Å². The Morgan fingerprint density at radius 2 is 1.41 bits per heavy atom. The first-order valence-corrected chi connectivity index (χ1v) is 12.8. The number of aromatic nitrogens is 2. The number of nitrogens with zero attached hydrogens (tertiary/aromatic N) is 2. The number of rotatable bonds is 3. The van der Waals surface area contributed by atoms with E-state index in [4.69, 9.17) is 15.7 Å². The molecule has 0 unspecified atom stereocenters. The van der Waals surface area contributed by atoms with Crippen molar-refractivity contribution in [2.75, 3.05) is 12.4 Å². The summed E-state index contributed by atoms with van der Waals surface area (Å²) in [5, 5.41) is 1.29. The summed E-state index contributed by atoms with van der Waals surface area (Å²) in [6.45, 7) is 17.4. The molecule has 2 aromatic rings. The highest BCUT2D eigenvalue weighted by Crippen LogP contribution is 2.34. The van der Waals surface area contributed by atoms with E-state index in [1.807, 2.05) is 11.3 Å². The zero-order chi connectivity index (χ0) is 24.3. The van der Waals surface area contributed by atoms with Gasteiger partial charge >= 0.3 is 0 Å². The van der Waals surface area contributed by atoms with Gasteiger partial charge in [-0.15, -0.1) is 24.5 Å². The van der Waals surface area contributed by atoms with Gasteiger partial charge in [0.05, 0.1) is 10.7 Å². The van der Waals surface area contributed by atoms with Gasteiger partial charge in [0.25, 0.3) is 0 Å². The van der Waals surface area contributed by atoms with Gasteiger partial charge in [-0.05, 0) is 62.5 Å². The van der Waals surface area contributed by atoms with Gasteiger partial charge in [0, 0.05) is 34.0 Å². The minimum Gasteiger partial charge on any atom is -0.398 e. The molecule has 5 nitrogen and oxygen atoms in total. The minimum absolute atomic E-state index is 0.209. The topological polar surface area (TPSA) is 104 Å². The third-order valence-electron chi connectivity index (χ3n) is 5.53. The van der Waals surface area contributed by atoms with Gasteiger partial charge in [0.1, 0.15) is 0 Å². The fourth-order valence-electron chi connectivity index (χ4n) is 4.04. The molecule has 0 radical (unpaired) electrons. The molecule has 2 aliphatic carbocycles. The lowest BCUT2D eigenvalue weighted by molar-refractivity contribution is 0.582. The van der Waals surface area contributed by atoms with Crippen LogP contribution >= 0.6 is 11.3 Å². The second-order valence-corrected chi connectivity index (χ2v) is 10.1. The van der Waals surface area contributed by atoms with Crippen molar-refractivity contribution in [2.24, 2.45) is 11.5 Å². The SMILES string of the molecule is C=C.CCCc1nc(C(C)(C)C)sc1CC.NCN.Nc1c2c(nc3c1CCC3)CCC2. The molecule has 6 heteroatoms. The van der Waals surface area contributed by atoms with Crippen molar-refractivity contribution in [2.45, 2.75) is 97.8 Å². The van der Waals surface area contributed by atoms with Crippen LogP contribution in [0.5, 0.6) is 0 Å². The molecule has 4 rings (SSSR count). The molecule has 0 saturated carbocycles. The molecule has 2 aliphatic rings. The number of thiazole rings is 1. The third-order valence-corrected chi connectivity index (χ3v) is 7.19. The molecule has 0 aliphatic heterocycles. The Labute approximate surface area is 199 Å². The van der Waals surface area contributed by atoms with Gasteiger partial charge in [-0.3, -0.25) is 4.98 Å². The Hall–Kier alpha value is -1.76. The molecule has 0 fully saturated rings. The minimum atomic E-state index is 0.209. The molecule has 0 aromatic carbocycles. The number of anilines is 1. The first kappa shape index (κ1) is 28.3. The largest absolute Gasteiger partial charge is 0.398 e. The van der Waals surface area contributed by atoms with Crippen molar-refractivity contribution in [3.8, 4) is 0 Å². The molecular weight excluding hydrogens is 414 g/mol. The van der Waals surface area contributed by atoms with E-state index in [0.29, 0.717) is 0 Å².